The number of benzene rings is 2. The van der Waals surface area contributed by atoms with Gasteiger partial charge in [0.15, 0.2) is 0 Å². The van der Waals surface area contributed by atoms with Crippen molar-refractivity contribution < 1.29 is 13.0 Å². The quantitative estimate of drug-likeness (QED) is 0.872. The van der Waals surface area contributed by atoms with E-state index in [9.17, 15) is 13.0 Å². The highest BCUT2D eigenvalue weighted by molar-refractivity contribution is 7.85. The van der Waals surface area contributed by atoms with Crippen LogP contribution in [0.4, 0.5) is 14.5 Å². The van der Waals surface area contributed by atoms with Crippen LogP contribution in [0.2, 0.25) is 5.02 Å². The van der Waals surface area contributed by atoms with Crippen LogP contribution in [0.5, 0.6) is 0 Å². The molecule has 0 bridgehead atoms. The van der Waals surface area contributed by atoms with Crippen molar-refractivity contribution in [1.82, 2.24) is 0 Å². The van der Waals surface area contributed by atoms with Crippen molar-refractivity contribution >= 4 is 28.1 Å². The summed E-state index contributed by atoms with van der Waals surface area (Å²) in [6, 6.07) is 11.6. The van der Waals surface area contributed by atoms with Crippen LogP contribution in [-0.4, -0.2) is 9.96 Å². The second-order valence-corrected chi connectivity index (χ2v) is 6.08. The molecule has 0 amide bonds. The molecule has 1 unspecified atom stereocenters. The van der Waals surface area contributed by atoms with Gasteiger partial charge in [0.1, 0.15) is 0 Å². The molecule has 2 nitrogen and oxygen atoms in total. The van der Waals surface area contributed by atoms with Crippen LogP contribution in [-0.2, 0) is 16.7 Å². The minimum absolute atomic E-state index is 0.127. The monoisotopic (exact) mass is 315 g/mol. The minimum Gasteiger partial charge on any atom is -0.399 e. The maximum atomic E-state index is 14.1. The van der Waals surface area contributed by atoms with Crippen molar-refractivity contribution in [2.24, 2.45) is 0 Å². The first kappa shape index (κ1) is 14.9. The van der Waals surface area contributed by atoms with Crippen LogP contribution in [0.15, 0.2) is 53.4 Å². The fraction of sp³-hybridized carbons (Fsp3) is 0.143. The van der Waals surface area contributed by atoms with Crippen LogP contribution in [0.3, 0.4) is 0 Å². The summed E-state index contributed by atoms with van der Waals surface area (Å²) in [7, 11) is -1.94. The molecule has 2 rings (SSSR count). The first-order valence-electron chi connectivity index (χ1n) is 5.77. The van der Waals surface area contributed by atoms with E-state index < -0.39 is 22.5 Å². The third kappa shape index (κ3) is 3.35. The maximum absolute atomic E-state index is 14.1. The van der Waals surface area contributed by atoms with Gasteiger partial charge in [-0.05, 0) is 18.2 Å². The second kappa shape index (κ2) is 5.89. The molecule has 0 spiro atoms. The maximum Gasteiger partial charge on any atom is 0.284 e. The zero-order valence-corrected chi connectivity index (χ0v) is 11.9. The molecule has 0 aliphatic rings. The Bertz CT molecular complexity index is 634. The van der Waals surface area contributed by atoms with Crippen molar-refractivity contribution in [2.75, 3.05) is 11.5 Å². The Morgan fingerprint density at radius 2 is 1.80 bits per heavy atom. The lowest BCUT2D eigenvalue weighted by molar-refractivity contribution is 0.0222. The first-order chi connectivity index (χ1) is 9.40. The zero-order valence-electron chi connectivity index (χ0n) is 10.4. The lowest BCUT2D eigenvalue weighted by Crippen LogP contribution is -2.22. The van der Waals surface area contributed by atoms with Gasteiger partial charge in [0.05, 0.1) is 26.5 Å². The Balaban J connectivity index is 2.25. The van der Waals surface area contributed by atoms with Crippen LogP contribution in [0, 0.1) is 0 Å². The molecule has 0 heterocycles. The highest BCUT2D eigenvalue weighted by Crippen LogP contribution is 2.32. The second-order valence-electron chi connectivity index (χ2n) is 4.25. The Kier molecular flexibility index (Phi) is 4.40. The van der Waals surface area contributed by atoms with Gasteiger partial charge in [-0.2, -0.15) is 0 Å². The third-order valence-corrected chi connectivity index (χ3v) is 4.60. The summed E-state index contributed by atoms with van der Waals surface area (Å²) in [5, 5.41) is 0.168. The lowest BCUT2D eigenvalue weighted by Gasteiger charge is -2.16. The van der Waals surface area contributed by atoms with E-state index in [1.165, 1.54) is 42.5 Å². The van der Waals surface area contributed by atoms with Gasteiger partial charge in [0, 0.05) is 11.3 Å². The zero-order chi connectivity index (χ0) is 14.8. The number of rotatable bonds is 4. The molecule has 106 valence electrons. The number of hydrogen-bond donors (Lipinski definition) is 1. The fourth-order valence-electron chi connectivity index (χ4n) is 1.70. The number of nitrogens with two attached hydrogens (primary N) is 1. The van der Waals surface area contributed by atoms with Gasteiger partial charge >= 0.3 is 0 Å². The predicted octanol–water partition coefficient (Wildman–Crippen LogP) is 3.82. The summed E-state index contributed by atoms with van der Waals surface area (Å²) >= 11 is 5.87. The summed E-state index contributed by atoms with van der Waals surface area (Å²) in [5.74, 6) is -4.03. The normalized spacial score (nSPS) is 13.2. The molecule has 0 fully saturated rings. The molecule has 0 radical (unpaired) electrons. The number of halogens is 3. The van der Waals surface area contributed by atoms with Crippen molar-refractivity contribution in [2.45, 2.75) is 10.8 Å². The van der Waals surface area contributed by atoms with Crippen molar-refractivity contribution in [3.05, 3.63) is 59.1 Å². The van der Waals surface area contributed by atoms with E-state index in [2.05, 4.69) is 0 Å². The minimum atomic E-state index is -3.19. The molecular weight excluding hydrogens is 304 g/mol. The third-order valence-electron chi connectivity index (χ3n) is 2.71. The summed E-state index contributed by atoms with van der Waals surface area (Å²) in [6.45, 7) is 0. The van der Waals surface area contributed by atoms with Gasteiger partial charge in [0.25, 0.3) is 5.92 Å². The van der Waals surface area contributed by atoms with Crippen LogP contribution in [0.1, 0.15) is 5.56 Å². The summed E-state index contributed by atoms with van der Waals surface area (Å²) in [5.41, 5.74) is 5.72. The highest BCUT2D eigenvalue weighted by atomic mass is 35.5. The van der Waals surface area contributed by atoms with E-state index in [-0.39, 0.29) is 15.5 Å². The van der Waals surface area contributed by atoms with Gasteiger partial charge in [0.2, 0.25) is 0 Å². The van der Waals surface area contributed by atoms with E-state index in [1.807, 2.05) is 0 Å². The Morgan fingerprint density at radius 1 is 1.15 bits per heavy atom. The molecule has 6 heteroatoms. The number of alkyl halides is 2. The van der Waals surface area contributed by atoms with Crippen LogP contribution in [0.25, 0.3) is 0 Å². The molecule has 20 heavy (non-hydrogen) atoms. The van der Waals surface area contributed by atoms with E-state index in [0.717, 1.165) is 0 Å². The van der Waals surface area contributed by atoms with Crippen LogP contribution >= 0.6 is 11.6 Å². The van der Waals surface area contributed by atoms with Gasteiger partial charge in [-0.1, -0.05) is 41.9 Å². The van der Waals surface area contributed by atoms with Gasteiger partial charge in [-0.15, -0.1) is 0 Å². The Labute approximate surface area is 123 Å². The molecule has 0 saturated heterocycles. The predicted molar refractivity (Wildman–Crippen MR) is 77.5 cm³/mol. The molecule has 1 atom stereocenters. The lowest BCUT2D eigenvalue weighted by atomic mass is 10.1. The average Bonchev–Trinajstić information content (AvgIpc) is 2.42. The van der Waals surface area contributed by atoms with Crippen molar-refractivity contribution in [1.29, 1.82) is 0 Å². The molecule has 0 aliphatic carbocycles. The van der Waals surface area contributed by atoms with E-state index in [1.54, 1.807) is 6.07 Å². The first-order valence-corrected chi connectivity index (χ1v) is 7.46. The smallest absolute Gasteiger partial charge is 0.284 e. The average molecular weight is 316 g/mol. The number of nitrogen functional groups attached to an aromatic ring is 1. The molecule has 0 aliphatic heterocycles. The molecule has 0 saturated carbocycles. The van der Waals surface area contributed by atoms with Gasteiger partial charge < -0.3 is 5.73 Å². The Morgan fingerprint density at radius 3 is 2.45 bits per heavy atom. The number of anilines is 1. The van der Waals surface area contributed by atoms with E-state index >= 15 is 0 Å². The fourth-order valence-corrected chi connectivity index (χ4v) is 3.28. The van der Waals surface area contributed by atoms with Gasteiger partial charge in [-0.25, -0.2) is 8.78 Å². The molecular formula is C14H12ClF2NOS. The van der Waals surface area contributed by atoms with E-state index in [4.69, 9.17) is 17.3 Å². The summed E-state index contributed by atoms with van der Waals surface area (Å²) in [6.07, 6.45) is 0. The SMILES string of the molecule is Nc1ccc(Cl)c(S(=O)CC(F)(F)c2ccccc2)c1. The topological polar surface area (TPSA) is 43.1 Å². The molecule has 2 aromatic carbocycles. The summed E-state index contributed by atoms with van der Waals surface area (Å²) < 4.78 is 40.2. The van der Waals surface area contributed by atoms with E-state index in [0.29, 0.717) is 5.69 Å². The van der Waals surface area contributed by atoms with Gasteiger partial charge in [-0.3, -0.25) is 4.21 Å². The Hall–Kier alpha value is -1.46. The molecule has 0 aromatic heterocycles. The number of hydrogen-bond acceptors (Lipinski definition) is 2. The standard InChI is InChI=1S/C14H12ClF2NOS/c15-12-7-6-11(18)8-13(12)20(19)9-14(16,17)10-4-2-1-3-5-10/h1-8H,9,18H2. The highest BCUT2D eigenvalue weighted by Gasteiger charge is 2.34. The molecule has 2 aromatic rings. The van der Waals surface area contributed by atoms with Crippen molar-refractivity contribution in [3.8, 4) is 0 Å². The van der Waals surface area contributed by atoms with Crippen molar-refractivity contribution in [3.63, 3.8) is 0 Å². The molecule has 2 N–H and O–H groups in total. The largest absolute Gasteiger partial charge is 0.399 e. The summed E-state index contributed by atoms with van der Waals surface area (Å²) in [4.78, 5) is 0.127. The van der Waals surface area contributed by atoms with Crippen LogP contribution < -0.4 is 5.73 Å².